The fourth-order valence-corrected chi connectivity index (χ4v) is 3.46. The van der Waals surface area contributed by atoms with Crippen molar-refractivity contribution in [2.45, 2.75) is 44.6 Å². The normalized spacial score (nSPS) is 22.9. The number of hydrogen-bond donors (Lipinski definition) is 1. The van der Waals surface area contributed by atoms with E-state index < -0.39 is 0 Å². The first-order chi connectivity index (χ1) is 10.6. The van der Waals surface area contributed by atoms with Gasteiger partial charge < -0.3 is 10.2 Å². The van der Waals surface area contributed by atoms with Gasteiger partial charge in [0, 0.05) is 24.7 Å². The van der Waals surface area contributed by atoms with Gasteiger partial charge >= 0.3 is 0 Å². The van der Waals surface area contributed by atoms with Crippen molar-refractivity contribution in [2.24, 2.45) is 5.92 Å². The molecule has 4 nitrogen and oxygen atoms in total. The number of likely N-dealkylation sites (tertiary alicyclic amines) is 1. The molecule has 1 atom stereocenters. The molecule has 0 aromatic heterocycles. The van der Waals surface area contributed by atoms with Gasteiger partial charge in [-0.2, -0.15) is 0 Å². The van der Waals surface area contributed by atoms with E-state index in [1.165, 1.54) is 18.6 Å². The summed E-state index contributed by atoms with van der Waals surface area (Å²) in [6.45, 7) is 0.491. The van der Waals surface area contributed by atoms with Crippen molar-refractivity contribution in [1.29, 1.82) is 0 Å². The van der Waals surface area contributed by atoms with E-state index in [1.54, 1.807) is 12.1 Å². The van der Waals surface area contributed by atoms with E-state index in [4.69, 9.17) is 0 Å². The zero-order valence-electron chi connectivity index (χ0n) is 12.6. The van der Waals surface area contributed by atoms with Crippen LogP contribution in [0.5, 0.6) is 0 Å². The molecule has 1 N–H and O–H groups in total. The van der Waals surface area contributed by atoms with Gasteiger partial charge in [-0.3, -0.25) is 9.59 Å². The lowest BCUT2D eigenvalue weighted by Crippen LogP contribution is -2.38. The monoisotopic (exact) mass is 304 g/mol. The second kappa shape index (κ2) is 6.46. The van der Waals surface area contributed by atoms with Crippen molar-refractivity contribution in [1.82, 2.24) is 4.90 Å². The smallest absolute Gasteiger partial charge is 0.229 e. The number of benzene rings is 1. The van der Waals surface area contributed by atoms with Crippen LogP contribution in [-0.2, 0) is 9.59 Å². The molecule has 1 aliphatic carbocycles. The molecule has 1 aliphatic heterocycles. The van der Waals surface area contributed by atoms with Crippen molar-refractivity contribution < 1.29 is 14.0 Å². The third kappa shape index (κ3) is 3.29. The van der Waals surface area contributed by atoms with Gasteiger partial charge in [-0.15, -0.1) is 0 Å². The van der Waals surface area contributed by atoms with E-state index in [1.807, 2.05) is 4.90 Å². The van der Waals surface area contributed by atoms with Crippen LogP contribution in [0.25, 0.3) is 0 Å². The molecule has 1 aromatic rings. The maximum atomic E-state index is 13.1. The molecular formula is C17H21FN2O2. The third-order valence-corrected chi connectivity index (χ3v) is 4.64. The fourth-order valence-electron chi connectivity index (χ4n) is 3.46. The average Bonchev–Trinajstić information content (AvgIpc) is 2.90. The number of nitrogens with one attached hydrogen (secondary N) is 1. The van der Waals surface area contributed by atoms with Crippen molar-refractivity contribution in [3.05, 3.63) is 30.1 Å². The first-order valence-electron chi connectivity index (χ1n) is 7.99. The number of amides is 2. The van der Waals surface area contributed by atoms with Crippen LogP contribution >= 0.6 is 0 Å². The molecule has 22 heavy (non-hydrogen) atoms. The predicted octanol–water partition coefficient (Wildman–Crippen LogP) is 2.95. The second-order valence-electron chi connectivity index (χ2n) is 6.24. The number of hydrogen-bond acceptors (Lipinski definition) is 2. The van der Waals surface area contributed by atoms with Gasteiger partial charge in [-0.05, 0) is 31.0 Å². The summed E-state index contributed by atoms with van der Waals surface area (Å²) in [5, 5.41) is 2.71. The summed E-state index contributed by atoms with van der Waals surface area (Å²) in [5.74, 6) is -0.842. The Hall–Kier alpha value is -1.91. The molecular weight excluding hydrogens is 283 g/mol. The summed E-state index contributed by atoms with van der Waals surface area (Å²) < 4.78 is 13.1. The molecule has 2 aliphatic rings. The van der Waals surface area contributed by atoms with Crippen molar-refractivity contribution in [3.63, 3.8) is 0 Å². The van der Waals surface area contributed by atoms with Gasteiger partial charge in [0.05, 0.1) is 5.92 Å². The lowest BCUT2D eigenvalue weighted by molar-refractivity contribution is -0.130. The SMILES string of the molecule is O=C(Nc1cccc(F)c1)[C@@H]1CC(=O)N(C2CCCCC2)C1. The first kappa shape index (κ1) is 15.0. The third-order valence-electron chi connectivity index (χ3n) is 4.64. The van der Waals surface area contributed by atoms with E-state index in [0.29, 0.717) is 18.3 Å². The zero-order chi connectivity index (χ0) is 15.5. The van der Waals surface area contributed by atoms with Gasteiger partial charge in [0.2, 0.25) is 11.8 Å². The zero-order valence-corrected chi connectivity index (χ0v) is 12.6. The van der Waals surface area contributed by atoms with Gasteiger partial charge in [0.15, 0.2) is 0 Å². The molecule has 1 aromatic carbocycles. The largest absolute Gasteiger partial charge is 0.339 e. The summed E-state index contributed by atoms with van der Waals surface area (Å²) >= 11 is 0. The lowest BCUT2D eigenvalue weighted by Gasteiger charge is -2.31. The Kier molecular flexibility index (Phi) is 4.41. The highest BCUT2D eigenvalue weighted by Crippen LogP contribution is 2.29. The fraction of sp³-hybridized carbons (Fsp3) is 0.529. The predicted molar refractivity (Wildman–Crippen MR) is 81.7 cm³/mol. The van der Waals surface area contributed by atoms with Crippen LogP contribution in [0.4, 0.5) is 10.1 Å². The van der Waals surface area contributed by atoms with E-state index in [9.17, 15) is 14.0 Å². The highest BCUT2D eigenvalue weighted by atomic mass is 19.1. The molecule has 2 amide bonds. The van der Waals surface area contributed by atoms with E-state index in [0.717, 1.165) is 25.7 Å². The average molecular weight is 304 g/mol. The van der Waals surface area contributed by atoms with E-state index >= 15 is 0 Å². The number of carbonyl (C=O) groups is 2. The topological polar surface area (TPSA) is 49.4 Å². The second-order valence-corrected chi connectivity index (χ2v) is 6.24. The Morgan fingerprint density at radius 1 is 1.23 bits per heavy atom. The van der Waals surface area contributed by atoms with Gasteiger partial charge in [0.1, 0.15) is 5.82 Å². The standard InChI is InChI=1S/C17H21FN2O2/c18-13-5-4-6-14(10-13)19-17(22)12-9-16(21)20(11-12)15-7-2-1-3-8-15/h4-6,10,12,15H,1-3,7-9,11H2,(H,19,22)/t12-/m1/s1. The van der Waals surface area contributed by atoms with E-state index in [-0.39, 0.29) is 30.0 Å². The van der Waals surface area contributed by atoms with Crippen LogP contribution in [0.2, 0.25) is 0 Å². The summed E-state index contributed by atoms with van der Waals surface area (Å²) in [6.07, 6.45) is 5.91. The maximum absolute atomic E-state index is 13.1. The molecule has 2 fully saturated rings. The van der Waals surface area contributed by atoms with Crippen molar-refractivity contribution in [3.8, 4) is 0 Å². The Balaban J connectivity index is 1.61. The summed E-state index contributed by atoms with van der Waals surface area (Å²) in [6, 6.07) is 6.12. The minimum atomic E-state index is -0.385. The summed E-state index contributed by atoms with van der Waals surface area (Å²) in [5.41, 5.74) is 0.438. The lowest BCUT2D eigenvalue weighted by atomic mass is 9.94. The minimum Gasteiger partial charge on any atom is -0.339 e. The molecule has 1 heterocycles. The van der Waals surface area contributed by atoms with Crippen LogP contribution in [0.1, 0.15) is 38.5 Å². The van der Waals surface area contributed by atoms with Crippen LogP contribution in [0, 0.1) is 11.7 Å². The van der Waals surface area contributed by atoms with Crippen LogP contribution < -0.4 is 5.32 Å². The maximum Gasteiger partial charge on any atom is 0.229 e. The van der Waals surface area contributed by atoms with Crippen LogP contribution in [-0.4, -0.2) is 29.3 Å². The van der Waals surface area contributed by atoms with Crippen molar-refractivity contribution >= 4 is 17.5 Å². The number of carbonyl (C=O) groups excluding carboxylic acids is 2. The summed E-state index contributed by atoms with van der Waals surface area (Å²) in [4.78, 5) is 26.4. The van der Waals surface area contributed by atoms with Gasteiger partial charge in [-0.1, -0.05) is 25.3 Å². The Bertz CT molecular complexity index is 570. The number of anilines is 1. The molecule has 0 bridgehead atoms. The Morgan fingerprint density at radius 3 is 2.73 bits per heavy atom. The number of rotatable bonds is 3. The minimum absolute atomic E-state index is 0.0753. The Morgan fingerprint density at radius 2 is 2.00 bits per heavy atom. The van der Waals surface area contributed by atoms with E-state index in [2.05, 4.69) is 5.32 Å². The molecule has 1 saturated carbocycles. The highest BCUT2D eigenvalue weighted by molar-refractivity contribution is 5.97. The van der Waals surface area contributed by atoms with Gasteiger partial charge in [0.25, 0.3) is 0 Å². The molecule has 118 valence electrons. The Labute approximate surface area is 129 Å². The number of nitrogens with zero attached hydrogens (tertiary/aromatic N) is 1. The molecule has 0 radical (unpaired) electrons. The molecule has 5 heteroatoms. The van der Waals surface area contributed by atoms with Crippen LogP contribution in [0.3, 0.4) is 0 Å². The first-order valence-corrected chi connectivity index (χ1v) is 7.99. The molecule has 1 saturated heterocycles. The van der Waals surface area contributed by atoms with Crippen LogP contribution in [0.15, 0.2) is 24.3 Å². The summed E-state index contributed by atoms with van der Waals surface area (Å²) in [7, 11) is 0. The van der Waals surface area contributed by atoms with Crippen molar-refractivity contribution in [2.75, 3.05) is 11.9 Å². The number of halogens is 1. The molecule has 0 spiro atoms. The van der Waals surface area contributed by atoms with Gasteiger partial charge in [-0.25, -0.2) is 4.39 Å². The molecule has 0 unspecified atom stereocenters. The quantitative estimate of drug-likeness (QED) is 0.933. The molecule has 3 rings (SSSR count). The highest BCUT2D eigenvalue weighted by Gasteiger charge is 2.38.